The van der Waals surface area contributed by atoms with Gasteiger partial charge in [-0.05, 0) is 63.1 Å². The second kappa shape index (κ2) is 10.1. The standard InChI is InChI=1S/C26H30N2O4S/c1-18-10-13-24(14-11-18)33(30,31)28(22-7-6-8-23(16-22)32-5)17-26(29)27-21(4)25-15-19(2)9-12-20(25)3/h6-16,21H,17H2,1-5H3,(H,27,29). The van der Waals surface area contributed by atoms with Gasteiger partial charge in [0, 0.05) is 6.07 Å². The van der Waals surface area contributed by atoms with E-state index in [0.29, 0.717) is 11.4 Å². The molecular weight excluding hydrogens is 436 g/mol. The lowest BCUT2D eigenvalue weighted by Crippen LogP contribution is -2.41. The number of anilines is 1. The zero-order valence-corrected chi connectivity index (χ0v) is 20.4. The molecule has 0 aliphatic rings. The largest absolute Gasteiger partial charge is 0.497 e. The fourth-order valence-electron chi connectivity index (χ4n) is 3.64. The van der Waals surface area contributed by atoms with Gasteiger partial charge in [-0.25, -0.2) is 8.42 Å². The van der Waals surface area contributed by atoms with E-state index < -0.39 is 15.9 Å². The van der Waals surface area contributed by atoms with Crippen LogP contribution in [-0.2, 0) is 14.8 Å². The Bertz CT molecular complexity index is 1240. The van der Waals surface area contributed by atoms with Crippen molar-refractivity contribution in [2.24, 2.45) is 0 Å². The smallest absolute Gasteiger partial charge is 0.264 e. The molecule has 3 aromatic carbocycles. The maximum absolute atomic E-state index is 13.5. The molecule has 33 heavy (non-hydrogen) atoms. The summed E-state index contributed by atoms with van der Waals surface area (Å²) in [5.41, 5.74) is 4.45. The van der Waals surface area contributed by atoms with Gasteiger partial charge in [0.05, 0.1) is 23.7 Å². The predicted octanol–water partition coefficient (Wildman–Crippen LogP) is 4.69. The van der Waals surface area contributed by atoms with Gasteiger partial charge in [-0.15, -0.1) is 0 Å². The number of aryl methyl sites for hydroxylation is 3. The number of hydrogen-bond donors (Lipinski definition) is 1. The van der Waals surface area contributed by atoms with Gasteiger partial charge in [0.25, 0.3) is 10.0 Å². The van der Waals surface area contributed by atoms with E-state index in [-0.39, 0.29) is 17.5 Å². The molecule has 3 aromatic rings. The molecule has 3 rings (SSSR count). The summed E-state index contributed by atoms with van der Waals surface area (Å²) in [7, 11) is -2.48. The van der Waals surface area contributed by atoms with Gasteiger partial charge >= 0.3 is 0 Å². The van der Waals surface area contributed by atoms with Gasteiger partial charge < -0.3 is 10.1 Å². The second-order valence-corrected chi connectivity index (χ2v) is 10.0. The molecule has 1 atom stereocenters. The van der Waals surface area contributed by atoms with Crippen LogP contribution in [0.4, 0.5) is 5.69 Å². The molecule has 1 unspecified atom stereocenters. The molecule has 0 aromatic heterocycles. The van der Waals surface area contributed by atoms with E-state index in [1.165, 1.54) is 7.11 Å². The van der Waals surface area contributed by atoms with E-state index in [2.05, 4.69) is 5.32 Å². The van der Waals surface area contributed by atoms with Crippen LogP contribution in [0, 0.1) is 20.8 Å². The number of carbonyl (C=O) groups is 1. The number of benzene rings is 3. The van der Waals surface area contributed by atoms with Gasteiger partial charge in [0.15, 0.2) is 0 Å². The topological polar surface area (TPSA) is 75.7 Å². The molecule has 0 heterocycles. The summed E-state index contributed by atoms with van der Waals surface area (Å²) in [5.74, 6) is 0.0997. The number of hydrogen-bond acceptors (Lipinski definition) is 4. The Balaban J connectivity index is 1.93. The number of rotatable bonds is 8. The quantitative estimate of drug-likeness (QED) is 0.522. The van der Waals surface area contributed by atoms with Crippen LogP contribution in [-0.4, -0.2) is 28.0 Å². The maximum Gasteiger partial charge on any atom is 0.264 e. The predicted molar refractivity (Wildman–Crippen MR) is 131 cm³/mol. The minimum absolute atomic E-state index is 0.117. The highest BCUT2D eigenvalue weighted by atomic mass is 32.2. The number of nitrogens with one attached hydrogen (secondary N) is 1. The van der Waals surface area contributed by atoms with Gasteiger partial charge in [0.1, 0.15) is 12.3 Å². The third-order valence-corrected chi connectivity index (χ3v) is 7.30. The zero-order chi connectivity index (χ0) is 24.2. The fourth-order valence-corrected chi connectivity index (χ4v) is 5.05. The molecule has 0 aliphatic heterocycles. The molecule has 0 saturated heterocycles. The van der Waals surface area contributed by atoms with E-state index in [1.54, 1.807) is 48.5 Å². The van der Waals surface area contributed by atoms with Crippen molar-refractivity contribution in [1.29, 1.82) is 0 Å². The van der Waals surface area contributed by atoms with Crippen molar-refractivity contribution >= 4 is 21.6 Å². The Morgan fingerprint density at radius 1 is 0.970 bits per heavy atom. The van der Waals surface area contributed by atoms with Crippen molar-refractivity contribution in [2.45, 2.75) is 38.6 Å². The monoisotopic (exact) mass is 466 g/mol. The van der Waals surface area contributed by atoms with Crippen LogP contribution in [0.1, 0.15) is 35.2 Å². The maximum atomic E-state index is 13.5. The van der Waals surface area contributed by atoms with Crippen molar-refractivity contribution in [3.05, 3.63) is 89.0 Å². The average molecular weight is 467 g/mol. The van der Waals surface area contributed by atoms with E-state index in [9.17, 15) is 13.2 Å². The first-order chi connectivity index (χ1) is 15.6. The van der Waals surface area contributed by atoms with Crippen molar-refractivity contribution < 1.29 is 17.9 Å². The van der Waals surface area contributed by atoms with Crippen LogP contribution in [0.25, 0.3) is 0 Å². The number of carbonyl (C=O) groups excluding carboxylic acids is 1. The van der Waals surface area contributed by atoms with Crippen LogP contribution in [0.15, 0.2) is 71.6 Å². The number of methoxy groups -OCH3 is 1. The Morgan fingerprint density at radius 3 is 2.30 bits per heavy atom. The summed E-state index contributed by atoms with van der Waals surface area (Å²) in [6, 6.07) is 19.0. The van der Waals surface area contributed by atoms with Gasteiger partial charge in [-0.2, -0.15) is 0 Å². The summed E-state index contributed by atoms with van der Waals surface area (Å²) in [6.07, 6.45) is 0. The fraction of sp³-hybridized carbons (Fsp3) is 0.269. The minimum atomic E-state index is -3.99. The van der Waals surface area contributed by atoms with Gasteiger partial charge in [-0.1, -0.05) is 47.5 Å². The van der Waals surface area contributed by atoms with Gasteiger partial charge in [0.2, 0.25) is 5.91 Å². The van der Waals surface area contributed by atoms with Crippen LogP contribution >= 0.6 is 0 Å². The molecule has 1 amide bonds. The molecule has 6 nitrogen and oxygen atoms in total. The van der Waals surface area contributed by atoms with Gasteiger partial charge in [-0.3, -0.25) is 9.10 Å². The Morgan fingerprint density at radius 2 is 1.64 bits per heavy atom. The highest BCUT2D eigenvalue weighted by molar-refractivity contribution is 7.92. The summed E-state index contributed by atoms with van der Waals surface area (Å²) < 4.78 is 33.5. The first kappa shape index (κ1) is 24.3. The van der Waals surface area contributed by atoms with Crippen molar-refractivity contribution in [2.75, 3.05) is 18.0 Å². The molecule has 0 saturated carbocycles. The first-order valence-corrected chi connectivity index (χ1v) is 12.2. The van der Waals surface area contributed by atoms with Crippen molar-refractivity contribution in [3.63, 3.8) is 0 Å². The van der Waals surface area contributed by atoms with Crippen LogP contribution in [0.5, 0.6) is 5.75 Å². The molecule has 1 N–H and O–H groups in total. The van der Waals surface area contributed by atoms with Crippen molar-refractivity contribution in [3.8, 4) is 5.75 Å². The van der Waals surface area contributed by atoms with Crippen molar-refractivity contribution in [1.82, 2.24) is 5.32 Å². The SMILES string of the molecule is COc1cccc(N(CC(=O)NC(C)c2cc(C)ccc2C)S(=O)(=O)c2ccc(C)cc2)c1. The van der Waals surface area contributed by atoms with E-state index in [1.807, 2.05) is 45.9 Å². The lowest BCUT2D eigenvalue weighted by Gasteiger charge is -2.26. The lowest BCUT2D eigenvalue weighted by molar-refractivity contribution is -0.120. The van der Waals surface area contributed by atoms with Crippen LogP contribution < -0.4 is 14.4 Å². The molecule has 0 fully saturated rings. The molecule has 0 spiro atoms. The Kier molecular flexibility index (Phi) is 7.43. The number of nitrogens with zero attached hydrogens (tertiary/aromatic N) is 1. The van der Waals surface area contributed by atoms with E-state index >= 15 is 0 Å². The summed E-state index contributed by atoms with van der Waals surface area (Å²) in [5, 5.41) is 2.95. The Hall–Kier alpha value is -3.32. The molecule has 0 aliphatic carbocycles. The van der Waals surface area contributed by atoms with E-state index in [0.717, 1.165) is 26.6 Å². The molecule has 0 bridgehead atoms. The third kappa shape index (κ3) is 5.73. The summed E-state index contributed by atoms with van der Waals surface area (Å²) >= 11 is 0. The van der Waals surface area contributed by atoms with Crippen LogP contribution in [0.3, 0.4) is 0 Å². The lowest BCUT2D eigenvalue weighted by atomic mass is 10.00. The number of sulfonamides is 1. The molecule has 174 valence electrons. The van der Waals surface area contributed by atoms with Crippen LogP contribution in [0.2, 0.25) is 0 Å². The minimum Gasteiger partial charge on any atom is -0.497 e. The number of ether oxygens (including phenoxy) is 1. The molecular formula is C26H30N2O4S. The van der Waals surface area contributed by atoms with E-state index in [4.69, 9.17) is 4.74 Å². The second-order valence-electron chi connectivity index (χ2n) is 8.18. The average Bonchev–Trinajstić information content (AvgIpc) is 2.79. The summed E-state index contributed by atoms with van der Waals surface area (Å²) in [4.78, 5) is 13.2. The normalized spacial score (nSPS) is 12.2. The molecule has 0 radical (unpaired) electrons. The molecule has 7 heteroatoms. The highest BCUT2D eigenvalue weighted by Gasteiger charge is 2.28. The third-order valence-electron chi connectivity index (χ3n) is 5.52. The Labute approximate surface area is 196 Å². The first-order valence-electron chi connectivity index (χ1n) is 10.7. The summed E-state index contributed by atoms with van der Waals surface area (Å²) in [6.45, 7) is 7.40. The zero-order valence-electron chi connectivity index (χ0n) is 19.6. The highest BCUT2D eigenvalue weighted by Crippen LogP contribution is 2.27. The number of amides is 1.